The Morgan fingerprint density at radius 3 is 2.89 bits per heavy atom. The molecule has 6 heteroatoms. The molecule has 0 spiro atoms. The Balaban J connectivity index is 2.06. The molecule has 1 aliphatic heterocycles. The average Bonchev–Trinajstić information content (AvgIpc) is 2.82. The fraction of sp³-hybridized carbons (Fsp3) is 0.538. The number of urea groups is 1. The predicted molar refractivity (Wildman–Crippen MR) is 75.3 cm³/mol. The standard InChI is InChI=1S/C13H19N3O2S/c1-9-5-6-11(19-9)12(17)16-7-3-2-4-10(16)8-15-13(14)18/h5-6,10H,2-4,7-8H2,1H3,(H3,14,15,18)/t10-/m1/s1. The van der Waals surface area contributed by atoms with Gasteiger partial charge in [0.05, 0.1) is 4.88 Å². The molecule has 1 aliphatic rings. The fourth-order valence-electron chi connectivity index (χ4n) is 2.39. The molecule has 19 heavy (non-hydrogen) atoms. The molecule has 0 radical (unpaired) electrons. The van der Waals surface area contributed by atoms with E-state index >= 15 is 0 Å². The Hall–Kier alpha value is -1.56. The van der Waals surface area contributed by atoms with Crippen molar-refractivity contribution >= 4 is 23.3 Å². The molecule has 1 aromatic rings. The van der Waals surface area contributed by atoms with Crippen LogP contribution in [0.2, 0.25) is 0 Å². The third kappa shape index (κ3) is 3.47. The molecule has 5 nitrogen and oxygen atoms in total. The van der Waals surface area contributed by atoms with Gasteiger partial charge in [0.15, 0.2) is 0 Å². The number of rotatable bonds is 3. The smallest absolute Gasteiger partial charge is 0.312 e. The lowest BCUT2D eigenvalue weighted by Gasteiger charge is -2.35. The molecule has 1 fully saturated rings. The Kier molecular flexibility index (Phi) is 4.42. The average molecular weight is 281 g/mol. The van der Waals surface area contributed by atoms with Gasteiger partial charge in [-0.15, -0.1) is 11.3 Å². The monoisotopic (exact) mass is 281 g/mol. The van der Waals surface area contributed by atoms with Gasteiger partial charge in [-0.25, -0.2) is 4.79 Å². The normalized spacial score (nSPS) is 19.2. The lowest BCUT2D eigenvalue weighted by Crippen LogP contribution is -2.50. The van der Waals surface area contributed by atoms with Gasteiger partial charge in [-0.1, -0.05) is 0 Å². The van der Waals surface area contributed by atoms with E-state index < -0.39 is 6.03 Å². The van der Waals surface area contributed by atoms with Crippen molar-refractivity contribution in [2.45, 2.75) is 32.2 Å². The molecule has 0 saturated carbocycles. The number of carbonyl (C=O) groups excluding carboxylic acids is 2. The summed E-state index contributed by atoms with van der Waals surface area (Å²) < 4.78 is 0. The van der Waals surface area contributed by atoms with Crippen LogP contribution in [0.4, 0.5) is 4.79 Å². The summed E-state index contributed by atoms with van der Waals surface area (Å²) >= 11 is 1.51. The number of nitrogens with one attached hydrogen (secondary N) is 1. The van der Waals surface area contributed by atoms with Gasteiger partial charge in [0.25, 0.3) is 5.91 Å². The van der Waals surface area contributed by atoms with E-state index in [-0.39, 0.29) is 11.9 Å². The van der Waals surface area contributed by atoms with E-state index in [9.17, 15) is 9.59 Å². The van der Waals surface area contributed by atoms with Crippen LogP contribution in [0.25, 0.3) is 0 Å². The summed E-state index contributed by atoms with van der Waals surface area (Å²) in [5, 5.41) is 2.61. The highest BCUT2D eigenvalue weighted by molar-refractivity contribution is 7.13. The number of hydrogen-bond donors (Lipinski definition) is 2. The molecule has 1 aromatic heterocycles. The number of hydrogen-bond acceptors (Lipinski definition) is 3. The van der Waals surface area contributed by atoms with Crippen LogP contribution in [0.15, 0.2) is 12.1 Å². The summed E-state index contributed by atoms with van der Waals surface area (Å²) in [6.07, 6.45) is 3.01. The zero-order valence-electron chi connectivity index (χ0n) is 11.0. The minimum absolute atomic E-state index is 0.0520. The zero-order valence-corrected chi connectivity index (χ0v) is 11.8. The maximum absolute atomic E-state index is 12.5. The van der Waals surface area contributed by atoms with Gasteiger partial charge in [-0.05, 0) is 38.3 Å². The molecular formula is C13H19N3O2S. The van der Waals surface area contributed by atoms with Crippen LogP contribution in [-0.2, 0) is 0 Å². The van der Waals surface area contributed by atoms with Crippen LogP contribution in [0.5, 0.6) is 0 Å². The third-order valence-corrected chi connectivity index (χ3v) is 4.34. The van der Waals surface area contributed by atoms with Crippen molar-refractivity contribution in [3.63, 3.8) is 0 Å². The molecule has 0 unspecified atom stereocenters. The maximum Gasteiger partial charge on any atom is 0.312 e. The first kappa shape index (κ1) is 13.9. The second kappa shape index (κ2) is 6.06. The number of nitrogens with zero attached hydrogens (tertiary/aromatic N) is 1. The Morgan fingerprint density at radius 2 is 2.26 bits per heavy atom. The van der Waals surface area contributed by atoms with Gasteiger partial charge >= 0.3 is 6.03 Å². The van der Waals surface area contributed by atoms with Crippen molar-refractivity contribution < 1.29 is 9.59 Å². The van der Waals surface area contributed by atoms with Crippen molar-refractivity contribution in [1.29, 1.82) is 0 Å². The summed E-state index contributed by atoms with van der Waals surface area (Å²) in [6.45, 7) is 3.18. The van der Waals surface area contributed by atoms with E-state index in [4.69, 9.17) is 5.73 Å². The van der Waals surface area contributed by atoms with E-state index in [1.807, 2.05) is 24.0 Å². The summed E-state index contributed by atoms with van der Waals surface area (Å²) in [4.78, 5) is 27.0. The minimum atomic E-state index is -0.537. The van der Waals surface area contributed by atoms with Crippen molar-refractivity contribution in [2.75, 3.05) is 13.1 Å². The highest BCUT2D eigenvalue weighted by Gasteiger charge is 2.28. The van der Waals surface area contributed by atoms with Crippen molar-refractivity contribution in [3.8, 4) is 0 Å². The number of piperidine rings is 1. The van der Waals surface area contributed by atoms with E-state index in [0.29, 0.717) is 6.54 Å². The van der Waals surface area contributed by atoms with Crippen LogP contribution in [-0.4, -0.2) is 36.0 Å². The molecular weight excluding hydrogens is 262 g/mol. The van der Waals surface area contributed by atoms with E-state index in [1.54, 1.807) is 0 Å². The lowest BCUT2D eigenvalue weighted by molar-refractivity contribution is 0.0620. The van der Waals surface area contributed by atoms with Gasteiger partial charge < -0.3 is 16.0 Å². The summed E-state index contributed by atoms with van der Waals surface area (Å²) in [5.41, 5.74) is 5.09. The zero-order chi connectivity index (χ0) is 13.8. The number of amides is 3. The summed E-state index contributed by atoms with van der Waals surface area (Å²) in [5.74, 6) is 0.0640. The van der Waals surface area contributed by atoms with Crippen LogP contribution in [0.1, 0.15) is 33.8 Å². The lowest BCUT2D eigenvalue weighted by atomic mass is 10.0. The molecule has 0 aromatic carbocycles. The quantitative estimate of drug-likeness (QED) is 0.885. The maximum atomic E-state index is 12.5. The van der Waals surface area contributed by atoms with Gasteiger partial charge in [-0.2, -0.15) is 0 Å². The Bertz CT molecular complexity index is 472. The largest absolute Gasteiger partial charge is 0.352 e. The molecule has 0 bridgehead atoms. The van der Waals surface area contributed by atoms with Gasteiger partial charge in [0.2, 0.25) is 0 Å². The SMILES string of the molecule is Cc1ccc(C(=O)N2CCCC[C@@H]2CNC(N)=O)s1. The Labute approximate surface area is 116 Å². The van der Waals surface area contributed by atoms with Crippen LogP contribution < -0.4 is 11.1 Å². The number of likely N-dealkylation sites (tertiary alicyclic amines) is 1. The first-order valence-corrected chi connectivity index (χ1v) is 7.30. The topological polar surface area (TPSA) is 75.4 Å². The minimum Gasteiger partial charge on any atom is -0.352 e. The highest BCUT2D eigenvalue weighted by Crippen LogP contribution is 2.23. The third-order valence-electron chi connectivity index (χ3n) is 3.35. The number of carbonyl (C=O) groups is 2. The predicted octanol–water partition coefficient (Wildman–Crippen LogP) is 1.72. The van der Waals surface area contributed by atoms with Gasteiger partial charge in [0, 0.05) is 24.0 Å². The number of thiophene rings is 1. The molecule has 1 saturated heterocycles. The highest BCUT2D eigenvalue weighted by atomic mass is 32.1. The number of nitrogens with two attached hydrogens (primary N) is 1. The van der Waals surface area contributed by atoms with Crippen LogP contribution in [0.3, 0.4) is 0 Å². The van der Waals surface area contributed by atoms with Gasteiger partial charge in [-0.3, -0.25) is 4.79 Å². The second-order valence-electron chi connectivity index (χ2n) is 4.80. The van der Waals surface area contributed by atoms with Crippen LogP contribution in [0, 0.1) is 6.92 Å². The Morgan fingerprint density at radius 1 is 1.47 bits per heavy atom. The summed E-state index contributed by atoms with van der Waals surface area (Å²) in [6, 6.07) is 3.34. The first-order chi connectivity index (χ1) is 9.08. The molecule has 2 rings (SSSR count). The van der Waals surface area contributed by atoms with Crippen molar-refractivity contribution in [2.24, 2.45) is 5.73 Å². The van der Waals surface area contributed by atoms with Gasteiger partial charge in [0.1, 0.15) is 0 Å². The van der Waals surface area contributed by atoms with E-state index in [0.717, 1.165) is 35.6 Å². The summed E-state index contributed by atoms with van der Waals surface area (Å²) in [7, 11) is 0. The van der Waals surface area contributed by atoms with Crippen LogP contribution >= 0.6 is 11.3 Å². The second-order valence-corrected chi connectivity index (χ2v) is 6.09. The molecule has 3 amide bonds. The van der Waals surface area contributed by atoms with Crippen molar-refractivity contribution in [3.05, 3.63) is 21.9 Å². The number of aryl methyl sites for hydroxylation is 1. The van der Waals surface area contributed by atoms with Crippen molar-refractivity contribution in [1.82, 2.24) is 10.2 Å². The molecule has 104 valence electrons. The molecule has 3 N–H and O–H groups in total. The molecule has 0 aliphatic carbocycles. The first-order valence-electron chi connectivity index (χ1n) is 6.48. The van der Waals surface area contributed by atoms with E-state index in [1.165, 1.54) is 11.3 Å². The molecule has 2 heterocycles. The molecule has 1 atom stereocenters. The number of primary amides is 1. The fourth-order valence-corrected chi connectivity index (χ4v) is 3.21. The van der Waals surface area contributed by atoms with E-state index in [2.05, 4.69) is 5.32 Å².